The van der Waals surface area contributed by atoms with Gasteiger partial charge in [0.2, 0.25) is 11.8 Å². The highest BCUT2D eigenvalue weighted by molar-refractivity contribution is 5.85. The molecule has 0 spiro atoms. The van der Waals surface area contributed by atoms with Crippen LogP contribution in [0.4, 0.5) is 0 Å². The number of piperidine rings is 1. The minimum atomic E-state index is -0.0426. The zero-order chi connectivity index (χ0) is 15.9. The fourth-order valence-corrected chi connectivity index (χ4v) is 3.26. The molecule has 6 nitrogen and oxygen atoms in total. The van der Waals surface area contributed by atoms with Crippen molar-refractivity contribution in [3.8, 4) is 0 Å². The van der Waals surface area contributed by atoms with Crippen molar-refractivity contribution in [3.05, 3.63) is 0 Å². The molecular weight excluding hydrogens is 282 g/mol. The molecule has 6 heteroatoms. The van der Waals surface area contributed by atoms with E-state index in [1.165, 1.54) is 0 Å². The molecule has 2 aliphatic heterocycles. The Bertz CT molecular complexity index is 379. The van der Waals surface area contributed by atoms with Crippen molar-refractivity contribution in [3.63, 3.8) is 0 Å². The number of hydrogen-bond acceptors (Lipinski definition) is 4. The van der Waals surface area contributed by atoms with Crippen LogP contribution in [0.5, 0.6) is 0 Å². The van der Waals surface area contributed by atoms with Gasteiger partial charge in [0.1, 0.15) is 0 Å². The van der Waals surface area contributed by atoms with E-state index in [-0.39, 0.29) is 30.6 Å². The first kappa shape index (κ1) is 17.2. The van der Waals surface area contributed by atoms with E-state index in [1.54, 1.807) is 4.90 Å². The molecule has 0 bridgehead atoms. The molecule has 2 fully saturated rings. The lowest BCUT2D eigenvalue weighted by Crippen LogP contribution is -2.46. The number of ether oxygens (including phenoxy) is 1. The second-order valence-electron chi connectivity index (χ2n) is 6.49. The molecule has 2 unspecified atom stereocenters. The van der Waals surface area contributed by atoms with Gasteiger partial charge in [-0.3, -0.25) is 14.5 Å². The predicted molar refractivity (Wildman–Crippen MR) is 84.5 cm³/mol. The quantitative estimate of drug-likeness (QED) is 0.730. The highest BCUT2D eigenvalue weighted by Gasteiger charge is 2.22. The summed E-state index contributed by atoms with van der Waals surface area (Å²) < 4.78 is 5.71. The van der Waals surface area contributed by atoms with E-state index in [2.05, 4.69) is 24.1 Å². The number of rotatable bonds is 6. The van der Waals surface area contributed by atoms with Crippen LogP contribution in [0, 0.1) is 0 Å². The van der Waals surface area contributed by atoms with Crippen molar-refractivity contribution in [1.82, 2.24) is 15.1 Å². The lowest BCUT2D eigenvalue weighted by atomic mass is 10.1. The van der Waals surface area contributed by atoms with Gasteiger partial charge < -0.3 is 15.0 Å². The van der Waals surface area contributed by atoms with Crippen molar-refractivity contribution in [2.24, 2.45) is 0 Å². The molecule has 22 heavy (non-hydrogen) atoms. The Morgan fingerprint density at radius 1 is 1.27 bits per heavy atom. The Balaban J connectivity index is 1.58. The first-order valence-electron chi connectivity index (χ1n) is 8.47. The maximum Gasteiger partial charge on any atom is 0.239 e. The van der Waals surface area contributed by atoms with Crippen molar-refractivity contribution in [1.29, 1.82) is 0 Å². The second-order valence-corrected chi connectivity index (χ2v) is 6.49. The predicted octanol–water partition coefficient (Wildman–Crippen LogP) is 0.614. The van der Waals surface area contributed by atoms with Gasteiger partial charge in [0.05, 0.1) is 18.8 Å². The minimum Gasteiger partial charge on any atom is -0.373 e. The topological polar surface area (TPSA) is 61.9 Å². The standard InChI is InChI=1S/C16H29N3O3/c1-13-10-18(11-14(2)22-13)8-5-7-17-15(20)12-19-9-4-3-6-16(19)21/h13-14H,3-12H2,1-2H3,(H,17,20). The zero-order valence-electron chi connectivity index (χ0n) is 13.8. The molecule has 2 saturated heterocycles. The number of carbonyl (C=O) groups is 2. The van der Waals surface area contributed by atoms with Gasteiger partial charge in [-0.1, -0.05) is 0 Å². The number of nitrogens with one attached hydrogen (secondary N) is 1. The average Bonchev–Trinajstić information content (AvgIpc) is 2.45. The van der Waals surface area contributed by atoms with Gasteiger partial charge in [-0.05, 0) is 33.1 Å². The number of morpholine rings is 1. The Kier molecular flexibility index (Phi) is 6.64. The average molecular weight is 311 g/mol. The number of carbonyl (C=O) groups excluding carboxylic acids is 2. The molecule has 2 heterocycles. The first-order chi connectivity index (χ1) is 10.5. The molecule has 0 saturated carbocycles. The third-order valence-electron chi connectivity index (χ3n) is 4.22. The molecule has 2 aliphatic rings. The largest absolute Gasteiger partial charge is 0.373 e. The summed E-state index contributed by atoms with van der Waals surface area (Å²) in [6.07, 6.45) is 4.03. The van der Waals surface area contributed by atoms with E-state index in [0.29, 0.717) is 13.0 Å². The van der Waals surface area contributed by atoms with Gasteiger partial charge in [0.25, 0.3) is 0 Å². The summed E-state index contributed by atoms with van der Waals surface area (Å²) in [7, 11) is 0. The maximum atomic E-state index is 11.9. The summed E-state index contributed by atoms with van der Waals surface area (Å²) >= 11 is 0. The monoisotopic (exact) mass is 311 g/mol. The molecule has 0 radical (unpaired) electrons. The Hall–Kier alpha value is -1.14. The van der Waals surface area contributed by atoms with Crippen LogP contribution in [-0.4, -0.2) is 73.1 Å². The van der Waals surface area contributed by atoms with Crippen LogP contribution < -0.4 is 5.32 Å². The Morgan fingerprint density at radius 3 is 2.68 bits per heavy atom. The van der Waals surface area contributed by atoms with Gasteiger partial charge in [-0.2, -0.15) is 0 Å². The summed E-state index contributed by atoms with van der Waals surface area (Å²) in [5.41, 5.74) is 0. The second kappa shape index (κ2) is 8.48. The first-order valence-corrected chi connectivity index (χ1v) is 8.47. The molecule has 2 atom stereocenters. The number of amides is 2. The highest BCUT2D eigenvalue weighted by Crippen LogP contribution is 2.11. The van der Waals surface area contributed by atoms with E-state index < -0.39 is 0 Å². The van der Waals surface area contributed by atoms with E-state index in [0.717, 1.165) is 45.4 Å². The Morgan fingerprint density at radius 2 is 2.00 bits per heavy atom. The Labute approximate surface area is 133 Å². The lowest BCUT2D eigenvalue weighted by Gasteiger charge is -2.35. The minimum absolute atomic E-state index is 0.0426. The van der Waals surface area contributed by atoms with Crippen LogP contribution in [0.1, 0.15) is 39.5 Å². The third-order valence-corrected chi connectivity index (χ3v) is 4.22. The smallest absolute Gasteiger partial charge is 0.239 e. The summed E-state index contributed by atoms with van der Waals surface area (Å²) in [4.78, 5) is 27.6. The lowest BCUT2D eigenvalue weighted by molar-refractivity contribution is -0.137. The van der Waals surface area contributed by atoms with E-state index in [1.807, 2.05) is 0 Å². The summed E-state index contributed by atoms with van der Waals surface area (Å²) in [6, 6.07) is 0. The van der Waals surface area contributed by atoms with Crippen molar-refractivity contribution in [2.75, 3.05) is 39.3 Å². The van der Waals surface area contributed by atoms with Gasteiger partial charge in [-0.25, -0.2) is 0 Å². The summed E-state index contributed by atoms with van der Waals surface area (Å²) in [5.74, 6) is 0.0663. The highest BCUT2D eigenvalue weighted by atomic mass is 16.5. The van der Waals surface area contributed by atoms with Crippen LogP contribution in [0.3, 0.4) is 0 Å². The SMILES string of the molecule is CC1CN(CCCNC(=O)CN2CCCCC2=O)CC(C)O1. The van der Waals surface area contributed by atoms with E-state index in [4.69, 9.17) is 4.74 Å². The molecule has 2 amide bonds. The van der Waals surface area contributed by atoms with Crippen LogP contribution in [0.2, 0.25) is 0 Å². The van der Waals surface area contributed by atoms with Crippen LogP contribution in [0.25, 0.3) is 0 Å². The fourth-order valence-electron chi connectivity index (χ4n) is 3.26. The number of likely N-dealkylation sites (tertiary alicyclic amines) is 1. The van der Waals surface area contributed by atoms with Gasteiger partial charge in [0.15, 0.2) is 0 Å². The molecule has 0 aromatic rings. The molecule has 126 valence electrons. The van der Waals surface area contributed by atoms with E-state index in [9.17, 15) is 9.59 Å². The van der Waals surface area contributed by atoms with Gasteiger partial charge in [0, 0.05) is 39.1 Å². The summed E-state index contributed by atoms with van der Waals surface area (Å²) in [6.45, 7) is 8.68. The number of nitrogens with zero attached hydrogens (tertiary/aromatic N) is 2. The van der Waals surface area contributed by atoms with Crippen molar-refractivity contribution >= 4 is 11.8 Å². The van der Waals surface area contributed by atoms with Gasteiger partial charge in [-0.15, -0.1) is 0 Å². The van der Waals surface area contributed by atoms with Crippen LogP contribution in [0.15, 0.2) is 0 Å². The molecule has 1 N–H and O–H groups in total. The maximum absolute atomic E-state index is 11.9. The number of hydrogen-bond donors (Lipinski definition) is 1. The van der Waals surface area contributed by atoms with Crippen LogP contribution in [-0.2, 0) is 14.3 Å². The van der Waals surface area contributed by atoms with Crippen LogP contribution >= 0.6 is 0 Å². The third kappa shape index (κ3) is 5.57. The molecule has 2 rings (SSSR count). The molecule has 0 aromatic carbocycles. The van der Waals surface area contributed by atoms with Gasteiger partial charge >= 0.3 is 0 Å². The van der Waals surface area contributed by atoms with E-state index >= 15 is 0 Å². The zero-order valence-corrected chi connectivity index (χ0v) is 13.8. The molecule has 0 aliphatic carbocycles. The molecule has 0 aromatic heterocycles. The fraction of sp³-hybridized carbons (Fsp3) is 0.875. The molecular formula is C16H29N3O3. The van der Waals surface area contributed by atoms with Crippen molar-refractivity contribution < 1.29 is 14.3 Å². The van der Waals surface area contributed by atoms with Crippen molar-refractivity contribution in [2.45, 2.75) is 51.7 Å². The normalized spacial score (nSPS) is 27.0. The summed E-state index contributed by atoms with van der Waals surface area (Å²) in [5, 5.41) is 2.92.